The number of ether oxygens (including phenoxy) is 3. The molecule has 3 aromatic rings. The summed E-state index contributed by atoms with van der Waals surface area (Å²) >= 11 is 0. The fourth-order valence-corrected chi connectivity index (χ4v) is 3.67. The van der Waals surface area contributed by atoms with Gasteiger partial charge in [0.15, 0.2) is 0 Å². The summed E-state index contributed by atoms with van der Waals surface area (Å²) in [5, 5.41) is 0. The van der Waals surface area contributed by atoms with E-state index in [1.165, 1.54) is 0 Å². The Bertz CT molecular complexity index is 1010. The fraction of sp³-hybridized carbons (Fsp3) is 0.318. The number of hydrogen-bond donors (Lipinski definition) is 1. The molecule has 1 saturated heterocycles. The Morgan fingerprint density at radius 1 is 1.17 bits per heavy atom. The Labute approximate surface area is 175 Å². The fourth-order valence-electron chi connectivity index (χ4n) is 3.67. The van der Waals surface area contributed by atoms with Crippen molar-refractivity contribution in [2.75, 3.05) is 39.6 Å². The Balaban J connectivity index is 1.56. The second-order valence-corrected chi connectivity index (χ2v) is 7.06. The van der Waals surface area contributed by atoms with Gasteiger partial charge in [-0.1, -0.05) is 6.07 Å². The molecule has 0 radical (unpaired) electrons. The minimum atomic E-state index is -0.171. The summed E-state index contributed by atoms with van der Waals surface area (Å²) in [7, 11) is 3.32. The molecule has 1 atom stereocenters. The van der Waals surface area contributed by atoms with Crippen LogP contribution in [-0.4, -0.2) is 53.8 Å². The van der Waals surface area contributed by atoms with Crippen molar-refractivity contribution in [3.63, 3.8) is 0 Å². The van der Waals surface area contributed by atoms with E-state index in [4.69, 9.17) is 19.9 Å². The van der Waals surface area contributed by atoms with Crippen molar-refractivity contribution >= 4 is 5.82 Å². The van der Waals surface area contributed by atoms with E-state index in [2.05, 4.69) is 19.9 Å². The van der Waals surface area contributed by atoms with Crippen LogP contribution in [0.4, 0.5) is 5.82 Å². The zero-order chi connectivity index (χ0) is 20.9. The van der Waals surface area contributed by atoms with Crippen LogP contribution in [0.15, 0.2) is 49.1 Å². The molecular formula is C22H25N5O3. The summed E-state index contributed by atoms with van der Waals surface area (Å²) in [6, 6.07) is 9.63. The van der Waals surface area contributed by atoms with Crippen LogP contribution in [0.25, 0.3) is 11.1 Å². The average Bonchev–Trinajstić information content (AvgIpc) is 2.79. The number of aromatic nitrogens is 3. The number of nitrogen functional groups attached to an aromatic ring is 1. The molecule has 156 valence electrons. The number of methoxy groups -OCH3 is 2. The average molecular weight is 407 g/mol. The van der Waals surface area contributed by atoms with Gasteiger partial charge in [-0.2, -0.15) is 0 Å². The summed E-state index contributed by atoms with van der Waals surface area (Å²) in [4.78, 5) is 15.2. The van der Waals surface area contributed by atoms with Gasteiger partial charge in [-0.25, -0.2) is 15.0 Å². The van der Waals surface area contributed by atoms with Crippen LogP contribution in [0, 0.1) is 0 Å². The van der Waals surface area contributed by atoms with E-state index in [1.807, 2.05) is 30.3 Å². The predicted octanol–water partition coefficient (Wildman–Crippen LogP) is 2.71. The number of pyridine rings is 1. The Morgan fingerprint density at radius 3 is 2.87 bits per heavy atom. The topological polar surface area (TPSA) is 95.6 Å². The first-order valence-corrected chi connectivity index (χ1v) is 9.74. The largest absolute Gasteiger partial charge is 0.497 e. The quantitative estimate of drug-likeness (QED) is 0.666. The van der Waals surface area contributed by atoms with Crippen molar-refractivity contribution in [3.05, 3.63) is 60.3 Å². The Kier molecular flexibility index (Phi) is 6.06. The van der Waals surface area contributed by atoms with Gasteiger partial charge < -0.3 is 19.9 Å². The number of anilines is 1. The van der Waals surface area contributed by atoms with Crippen LogP contribution in [0.2, 0.25) is 0 Å². The summed E-state index contributed by atoms with van der Waals surface area (Å²) in [5.74, 6) is 2.05. The summed E-state index contributed by atoms with van der Waals surface area (Å²) < 4.78 is 16.9. The highest BCUT2D eigenvalue weighted by molar-refractivity contribution is 5.67. The molecule has 1 aromatic carbocycles. The van der Waals surface area contributed by atoms with Gasteiger partial charge in [-0.3, -0.25) is 4.90 Å². The van der Waals surface area contributed by atoms with Gasteiger partial charge in [0.05, 0.1) is 26.5 Å². The van der Waals surface area contributed by atoms with Gasteiger partial charge in [0.1, 0.15) is 29.7 Å². The van der Waals surface area contributed by atoms with Crippen molar-refractivity contribution in [2.24, 2.45) is 0 Å². The van der Waals surface area contributed by atoms with Crippen LogP contribution in [0.3, 0.4) is 0 Å². The molecule has 3 heterocycles. The number of rotatable bonds is 6. The van der Waals surface area contributed by atoms with Gasteiger partial charge in [0, 0.05) is 49.2 Å². The smallest absolute Gasteiger partial charge is 0.127 e. The van der Waals surface area contributed by atoms with Gasteiger partial charge in [0.2, 0.25) is 0 Å². The Morgan fingerprint density at radius 2 is 2.07 bits per heavy atom. The molecule has 4 rings (SSSR count). The van der Waals surface area contributed by atoms with Gasteiger partial charge in [-0.15, -0.1) is 0 Å². The van der Waals surface area contributed by atoms with Gasteiger partial charge in [0.25, 0.3) is 0 Å². The van der Waals surface area contributed by atoms with Crippen LogP contribution in [0.1, 0.15) is 17.4 Å². The zero-order valence-corrected chi connectivity index (χ0v) is 17.1. The van der Waals surface area contributed by atoms with E-state index >= 15 is 0 Å². The molecule has 1 aliphatic rings. The molecule has 0 saturated carbocycles. The highest BCUT2D eigenvalue weighted by Gasteiger charge is 2.26. The minimum absolute atomic E-state index is 0.171. The number of benzene rings is 1. The van der Waals surface area contributed by atoms with E-state index < -0.39 is 0 Å². The molecule has 1 fully saturated rings. The van der Waals surface area contributed by atoms with E-state index in [-0.39, 0.29) is 6.10 Å². The molecule has 8 nitrogen and oxygen atoms in total. The van der Waals surface area contributed by atoms with Crippen molar-refractivity contribution in [2.45, 2.75) is 12.6 Å². The van der Waals surface area contributed by atoms with Gasteiger partial charge in [-0.05, 0) is 23.8 Å². The first-order valence-electron chi connectivity index (χ1n) is 9.74. The maximum atomic E-state index is 6.09. The molecule has 0 aliphatic carbocycles. The highest BCUT2D eigenvalue weighted by Crippen LogP contribution is 2.32. The maximum absolute atomic E-state index is 6.09. The molecule has 30 heavy (non-hydrogen) atoms. The highest BCUT2D eigenvalue weighted by atomic mass is 16.5. The van der Waals surface area contributed by atoms with Crippen LogP contribution in [0.5, 0.6) is 11.5 Å². The van der Waals surface area contributed by atoms with E-state index in [9.17, 15) is 0 Å². The third-order valence-electron chi connectivity index (χ3n) is 5.18. The lowest BCUT2D eigenvalue weighted by Crippen LogP contribution is -2.38. The number of nitrogens with zero attached hydrogens (tertiary/aromatic N) is 4. The number of hydrogen-bond acceptors (Lipinski definition) is 8. The second-order valence-electron chi connectivity index (χ2n) is 7.06. The summed E-state index contributed by atoms with van der Waals surface area (Å²) in [5.41, 5.74) is 9.65. The van der Waals surface area contributed by atoms with Crippen LogP contribution in [-0.2, 0) is 11.3 Å². The number of nitrogens with two attached hydrogens (primary N) is 1. The lowest BCUT2D eigenvalue weighted by atomic mass is 10.0. The molecule has 0 spiro atoms. The zero-order valence-electron chi connectivity index (χ0n) is 17.1. The number of morpholine rings is 1. The molecule has 0 amide bonds. The van der Waals surface area contributed by atoms with Crippen molar-refractivity contribution in [1.29, 1.82) is 0 Å². The molecule has 2 N–H and O–H groups in total. The third-order valence-corrected chi connectivity index (χ3v) is 5.18. The molecular weight excluding hydrogens is 382 g/mol. The van der Waals surface area contributed by atoms with Crippen molar-refractivity contribution < 1.29 is 14.2 Å². The lowest BCUT2D eigenvalue weighted by Gasteiger charge is -2.33. The van der Waals surface area contributed by atoms with E-state index in [0.29, 0.717) is 19.0 Å². The summed E-state index contributed by atoms with van der Waals surface area (Å²) in [6.45, 7) is 2.90. The lowest BCUT2D eigenvalue weighted by molar-refractivity contribution is -0.0349. The van der Waals surface area contributed by atoms with Crippen LogP contribution >= 0.6 is 0 Å². The predicted molar refractivity (Wildman–Crippen MR) is 113 cm³/mol. The van der Waals surface area contributed by atoms with E-state index in [0.717, 1.165) is 47.0 Å². The standard InChI is InChI=1S/C22H25N5O3/c1-28-17-4-3-16(19(10-17)29-2)12-27-7-8-30-20(13-27)22-18(11-24-14-26-22)15-5-6-25-21(23)9-15/h3-6,9-11,14,20H,7-8,12-13H2,1-2H3,(H2,23,25). The SMILES string of the molecule is COc1ccc(CN2CCOC(c3ncncc3-c3ccnc(N)c3)C2)c(OC)c1. The molecule has 1 aliphatic heterocycles. The van der Waals surface area contributed by atoms with E-state index in [1.54, 1.807) is 32.9 Å². The monoisotopic (exact) mass is 407 g/mol. The first-order chi connectivity index (χ1) is 14.7. The maximum Gasteiger partial charge on any atom is 0.127 e. The van der Waals surface area contributed by atoms with Crippen molar-refractivity contribution in [1.82, 2.24) is 19.9 Å². The van der Waals surface area contributed by atoms with Crippen LogP contribution < -0.4 is 15.2 Å². The molecule has 2 aromatic heterocycles. The first kappa shape index (κ1) is 20.1. The molecule has 0 bridgehead atoms. The van der Waals surface area contributed by atoms with Crippen molar-refractivity contribution in [3.8, 4) is 22.6 Å². The molecule has 8 heteroatoms. The summed E-state index contributed by atoms with van der Waals surface area (Å²) in [6.07, 6.45) is 4.87. The second kappa shape index (κ2) is 9.06. The third kappa shape index (κ3) is 4.34. The normalized spacial score (nSPS) is 16.9. The Hall–Kier alpha value is -3.23. The van der Waals surface area contributed by atoms with Gasteiger partial charge >= 0.3 is 0 Å². The molecule has 1 unspecified atom stereocenters. The minimum Gasteiger partial charge on any atom is -0.497 e.